The number of hydrogen-bond acceptors (Lipinski definition) is 2. The number of halogens is 1. The Hall–Kier alpha value is -2.17. The molecule has 4 nitrogen and oxygen atoms in total. The summed E-state index contributed by atoms with van der Waals surface area (Å²) in [5, 5.41) is 11.3. The lowest BCUT2D eigenvalue weighted by atomic mass is 10.1. The third kappa shape index (κ3) is 4.50. The number of aliphatic carboxylic acids is 1. The second kappa shape index (κ2) is 6.84. The molecule has 5 heteroatoms. The molecule has 1 atom stereocenters. The van der Waals surface area contributed by atoms with Gasteiger partial charge in [-0.05, 0) is 31.1 Å². The Labute approximate surface area is 117 Å². The average Bonchev–Trinajstić information content (AvgIpc) is 2.36. The summed E-state index contributed by atoms with van der Waals surface area (Å²) in [5.74, 6) is -1.86. The molecule has 1 aromatic carbocycles. The van der Waals surface area contributed by atoms with Gasteiger partial charge in [0.05, 0.1) is 0 Å². The molecule has 1 unspecified atom stereocenters. The summed E-state index contributed by atoms with van der Waals surface area (Å²) in [7, 11) is 0. The number of rotatable bonds is 5. The molecule has 0 bridgehead atoms. The van der Waals surface area contributed by atoms with E-state index >= 15 is 0 Å². The summed E-state index contributed by atoms with van der Waals surface area (Å²) >= 11 is 0. The minimum absolute atomic E-state index is 0.0165. The van der Waals surface area contributed by atoms with E-state index in [0.717, 1.165) is 18.2 Å². The predicted molar refractivity (Wildman–Crippen MR) is 74.8 cm³/mol. The minimum Gasteiger partial charge on any atom is -0.478 e. The lowest BCUT2D eigenvalue weighted by Crippen LogP contribution is -2.36. The molecule has 1 amide bonds. The number of carboxylic acid groups (broad SMARTS) is 1. The summed E-state index contributed by atoms with van der Waals surface area (Å²) in [6, 6.07) is 3.93. The molecular weight excluding hydrogens is 261 g/mol. The third-order valence-corrected chi connectivity index (χ3v) is 3.03. The molecule has 0 saturated carbocycles. The minimum atomic E-state index is -1.16. The number of benzene rings is 1. The van der Waals surface area contributed by atoms with Crippen LogP contribution in [0.2, 0.25) is 0 Å². The van der Waals surface area contributed by atoms with Crippen LogP contribution in [0.1, 0.15) is 36.7 Å². The molecule has 20 heavy (non-hydrogen) atoms. The van der Waals surface area contributed by atoms with Gasteiger partial charge in [-0.1, -0.05) is 19.9 Å². The van der Waals surface area contributed by atoms with E-state index < -0.39 is 11.8 Å². The molecule has 0 radical (unpaired) electrons. The van der Waals surface area contributed by atoms with E-state index in [1.165, 1.54) is 12.1 Å². The van der Waals surface area contributed by atoms with Crippen LogP contribution in [0.3, 0.4) is 0 Å². The first-order valence-electron chi connectivity index (χ1n) is 6.32. The predicted octanol–water partition coefficient (Wildman–Crippen LogP) is 2.70. The first-order valence-corrected chi connectivity index (χ1v) is 6.32. The van der Waals surface area contributed by atoms with Gasteiger partial charge in [-0.25, -0.2) is 9.18 Å². The number of hydrogen-bond donors (Lipinski definition) is 2. The number of carbonyl (C=O) groups is 2. The summed E-state index contributed by atoms with van der Waals surface area (Å²) in [5.41, 5.74) is 0.336. The van der Waals surface area contributed by atoms with Crippen molar-refractivity contribution >= 4 is 18.0 Å². The van der Waals surface area contributed by atoms with Crippen molar-refractivity contribution in [3.63, 3.8) is 0 Å². The van der Waals surface area contributed by atoms with Crippen molar-refractivity contribution in [3.05, 3.63) is 41.2 Å². The smallest absolute Gasteiger partial charge is 0.328 e. The third-order valence-electron chi connectivity index (χ3n) is 3.03. The van der Waals surface area contributed by atoms with Gasteiger partial charge in [0.2, 0.25) is 0 Å². The molecule has 0 fully saturated rings. The molecule has 0 spiro atoms. The Kier molecular flexibility index (Phi) is 5.43. The Bertz CT molecular complexity index is 538. The highest BCUT2D eigenvalue weighted by Crippen LogP contribution is 2.13. The van der Waals surface area contributed by atoms with E-state index in [4.69, 9.17) is 5.11 Å². The molecule has 1 rings (SSSR count). The standard InChI is InChI=1S/C15H18FNO3/c1-9(2)10(3)17-15(20)12-5-4-11(13(16)8-12)6-7-14(18)19/h4-10H,1-3H3,(H,17,20)(H,18,19). The van der Waals surface area contributed by atoms with Crippen molar-refractivity contribution in [2.24, 2.45) is 5.92 Å². The van der Waals surface area contributed by atoms with Crippen molar-refractivity contribution in [1.29, 1.82) is 0 Å². The fourth-order valence-corrected chi connectivity index (χ4v) is 1.42. The van der Waals surface area contributed by atoms with Gasteiger partial charge < -0.3 is 10.4 Å². The molecule has 0 saturated heterocycles. The van der Waals surface area contributed by atoms with Crippen LogP contribution in [0, 0.1) is 11.7 Å². The maximum atomic E-state index is 13.7. The van der Waals surface area contributed by atoms with Gasteiger partial charge in [0.25, 0.3) is 5.91 Å². The molecular formula is C15H18FNO3. The molecule has 0 heterocycles. The maximum absolute atomic E-state index is 13.7. The highest BCUT2D eigenvalue weighted by molar-refractivity contribution is 5.94. The normalized spacial score (nSPS) is 12.7. The maximum Gasteiger partial charge on any atom is 0.328 e. The van der Waals surface area contributed by atoms with Gasteiger partial charge in [0, 0.05) is 23.2 Å². The van der Waals surface area contributed by atoms with Gasteiger partial charge in [-0.3, -0.25) is 4.79 Å². The molecule has 108 valence electrons. The van der Waals surface area contributed by atoms with Crippen LogP contribution < -0.4 is 5.32 Å². The van der Waals surface area contributed by atoms with Gasteiger partial charge in [0.1, 0.15) is 5.82 Å². The van der Waals surface area contributed by atoms with E-state index in [2.05, 4.69) is 5.32 Å². The summed E-state index contributed by atoms with van der Waals surface area (Å²) in [4.78, 5) is 22.3. The van der Waals surface area contributed by atoms with E-state index in [1.807, 2.05) is 20.8 Å². The number of carbonyl (C=O) groups excluding carboxylic acids is 1. The van der Waals surface area contributed by atoms with Crippen LogP contribution in [0.25, 0.3) is 6.08 Å². The molecule has 0 aliphatic carbocycles. The van der Waals surface area contributed by atoms with Crippen LogP contribution in [0.4, 0.5) is 4.39 Å². The second-order valence-corrected chi connectivity index (χ2v) is 4.91. The largest absolute Gasteiger partial charge is 0.478 e. The Morgan fingerprint density at radius 3 is 2.45 bits per heavy atom. The lowest BCUT2D eigenvalue weighted by molar-refractivity contribution is -0.131. The highest BCUT2D eigenvalue weighted by atomic mass is 19.1. The van der Waals surface area contributed by atoms with E-state index in [9.17, 15) is 14.0 Å². The summed E-state index contributed by atoms with van der Waals surface area (Å²) in [6.07, 6.45) is 2.00. The molecule has 2 N–H and O–H groups in total. The van der Waals surface area contributed by atoms with Crippen LogP contribution in [-0.4, -0.2) is 23.0 Å². The van der Waals surface area contributed by atoms with Crippen LogP contribution in [0.15, 0.2) is 24.3 Å². The SMILES string of the molecule is CC(C)C(C)NC(=O)c1ccc(C=CC(=O)O)c(F)c1. The van der Waals surface area contributed by atoms with Gasteiger partial charge in [0.15, 0.2) is 0 Å². The molecule has 0 aliphatic heterocycles. The Morgan fingerprint density at radius 1 is 1.30 bits per heavy atom. The van der Waals surface area contributed by atoms with Crippen molar-refractivity contribution in [1.82, 2.24) is 5.32 Å². The van der Waals surface area contributed by atoms with Crippen molar-refractivity contribution in [2.75, 3.05) is 0 Å². The lowest BCUT2D eigenvalue weighted by Gasteiger charge is -2.17. The monoisotopic (exact) mass is 279 g/mol. The first kappa shape index (κ1) is 15.9. The number of carboxylic acids is 1. The van der Waals surface area contributed by atoms with Gasteiger partial charge in [-0.2, -0.15) is 0 Å². The highest BCUT2D eigenvalue weighted by Gasteiger charge is 2.13. The average molecular weight is 279 g/mol. The van der Waals surface area contributed by atoms with Crippen molar-refractivity contribution in [3.8, 4) is 0 Å². The van der Waals surface area contributed by atoms with Crippen molar-refractivity contribution < 1.29 is 19.1 Å². The number of amides is 1. The zero-order valence-corrected chi connectivity index (χ0v) is 11.7. The van der Waals surface area contributed by atoms with Crippen LogP contribution in [0.5, 0.6) is 0 Å². The zero-order valence-electron chi connectivity index (χ0n) is 11.7. The van der Waals surface area contributed by atoms with Crippen LogP contribution >= 0.6 is 0 Å². The molecule has 1 aromatic rings. The first-order chi connectivity index (χ1) is 9.31. The van der Waals surface area contributed by atoms with Crippen molar-refractivity contribution in [2.45, 2.75) is 26.8 Å². The molecule has 0 aliphatic rings. The zero-order chi connectivity index (χ0) is 15.3. The van der Waals surface area contributed by atoms with Gasteiger partial charge >= 0.3 is 5.97 Å². The van der Waals surface area contributed by atoms with Gasteiger partial charge in [-0.15, -0.1) is 0 Å². The van der Waals surface area contributed by atoms with E-state index in [1.54, 1.807) is 0 Å². The Balaban J connectivity index is 2.86. The van der Waals surface area contributed by atoms with E-state index in [-0.39, 0.29) is 29.0 Å². The fraction of sp³-hybridized carbons (Fsp3) is 0.333. The fourth-order valence-electron chi connectivity index (χ4n) is 1.42. The topological polar surface area (TPSA) is 66.4 Å². The van der Waals surface area contributed by atoms with Crippen LogP contribution in [-0.2, 0) is 4.79 Å². The molecule has 0 aromatic heterocycles. The second-order valence-electron chi connectivity index (χ2n) is 4.91. The summed E-state index contributed by atoms with van der Waals surface area (Å²) in [6.45, 7) is 5.83. The quantitative estimate of drug-likeness (QED) is 0.814. The van der Waals surface area contributed by atoms with E-state index in [0.29, 0.717) is 0 Å². The number of nitrogens with one attached hydrogen (secondary N) is 1. The summed E-state index contributed by atoms with van der Waals surface area (Å²) < 4.78 is 13.7. The Morgan fingerprint density at radius 2 is 1.95 bits per heavy atom.